The van der Waals surface area contributed by atoms with Gasteiger partial charge in [-0.15, -0.1) is 0 Å². The summed E-state index contributed by atoms with van der Waals surface area (Å²) in [6.45, 7) is 1.35. The van der Waals surface area contributed by atoms with Crippen molar-refractivity contribution < 1.29 is 18.0 Å². The lowest BCUT2D eigenvalue weighted by Crippen LogP contribution is -2.49. The molecule has 1 amide bonds. The number of alkyl halides is 2. The molecule has 16 heavy (non-hydrogen) atoms. The van der Waals surface area contributed by atoms with Crippen molar-refractivity contribution in [1.29, 1.82) is 0 Å². The highest BCUT2D eigenvalue weighted by Crippen LogP contribution is 2.32. The number of piperidine rings is 1. The van der Waals surface area contributed by atoms with E-state index in [9.17, 15) is 13.6 Å². The highest BCUT2D eigenvalue weighted by Gasteiger charge is 2.43. The Bertz CT molecular complexity index is 375. The van der Waals surface area contributed by atoms with Gasteiger partial charge in [-0.25, -0.2) is 8.78 Å². The number of rotatable bonds is 1. The first-order chi connectivity index (χ1) is 7.50. The van der Waals surface area contributed by atoms with Gasteiger partial charge < -0.3 is 9.32 Å². The summed E-state index contributed by atoms with van der Waals surface area (Å²) in [4.78, 5) is 12.9. The second kappa shape index (κ2) is 3.88. The average molecular weight is 229 g/mol. The van der Waals surface area contributed by atoms with E-state index in [1.165, 1.54) is 19.3 Å². The van der Waals surface area contributed by atoms with Crippen LogP contribution in [0.2, 0.25) is 0 Å². The lowest BCUT2D eigenvalue weighted by Gasteiger charge is -2.36. The summed E-state index contributed by atoms with van der Waals surface area (Å²) in [5.41, 5.74) is 0. The topological polar surface area (TPSA) is 33.5 Å². The number of likely N-dealkylation sites (tertiary alicyclic amines) is 1. The van der Waals surface area contributed by atoms with Crippen molar-refractivity contribution in [2.45, 2.75) is 19.3 Å². The molecule has 0 aromatic carbocycles. The normalized spacial score (nSPS) is 24.4. The van der Waals surface area contributed by atoms with E-state index in [1.54, 1.807) is 6.07 Å². The molecule has 1 aliphatic rings. The molecule has 5 heteroatoms. The third-order valence-electron chi connectivity index (χ3n) is 2.97. The fourth-order valence-electron chi connectivity index (χ4n) is 1.78. The van der Waals surface area contributed by atoms with Crippen LogP contribution < -0.4 is 0 Å². The number of hydrogen-bond donors (Lipinski definition) is 0. The molecule has 0 bridgehead atoms. The Morgan fingerprint density at radius 2 is 2.38 bits per heavy atom. The Morgan fingerprint density at radius 1 is 1.62 bits per heavy atom. The van der Waals surface area contributed by atoms with Crippen molar-refractivity contribution >= 4 is 5.91 Å². The average Bonchev–Trinajstić information content (AvgIpc) is 2.74. The van der Waals surface area contributed by atoms with Gasteiger partial charge in [-0.1, -0.05) is 6.92 Å². The standard InChI is InChI=1S/C11H13F2NO2/c1-8-4-5-14(7-11(8,12)13)10(15)9-3-2-6-16-9/h2-3,6,8H,4-5,7H2,1H3/t8-/m1/s1. The number of amides is 1. The van der Waals surface area contributed by atoms with E-state index in [0.717, 1.165) is 4.90 Å². The SMILES string of the molecule is C[C@@H]1CCN(C(=O)c2ccco2)CC1(F)F. The summed E-state index contributed by atoms with van der Waals surface area (Å²) in [6, 6.07) is 3.05. The monoisotopic (exact) mass is 229 g/mol. The van der Waals surface area contributed by atoms with E-state index in [1.807, 2.05) is 0 Å². The van der Waals surface area contributed by atoms with Crippen molar-refractivity contribution in [2.75, 3.05) is 13.1 Å². The number of hydrogen-bond acceptors (Lipinski definition) is 2. The minimum Gasteiger partial charge on any atom is -0.459 e. The quantitative estimate of drug-likeness (QED) is 0.740. The second-order valence-corrected chi connectivity index (χ2v) is 4.15. The van der Waals surface area contributed by atoms with Gasteiger partial charge >= 0.3 is 0 Å². The van der Waals surface area contributed by atoms with Gasteiger partial charge in [0.1, 0.15) is 0 Å². The van der Waals surface area contributed by atoms with Gasteiger partial charge in [0.25, 0.3) is 11.8 Å². The van der Waals surface area contributed by atoms with Crippen LogP contribution in [0.3, 0.4) is 0 Å². The zero-order chi connectivity index (χ0) is 11.8. The molecule has 1 aliphatic heterocycles. The first-order valence-corrected chi connectivity index (χ1v) is 5.21. The van der Waals surface area contributed by atoms with Crippen LogP contribution >= 0.6 is 0 Å². The summed E-state index contributed by atoms with van der Waals surface area (Å²) < 4.78 is 31.8. The van der Waals surface area contributed by atoms with Crippen LogP contribution in [0.5, 0.6) is 0 Å². The van der Waals surface area contributed by atoms with Gasteiger partial charge in [0.2, 0.25) is 0 Å². The van der Waals surface area contributed by atoms with Crippen LogP contribution in [0, 0.1) is 5.92 Å². The zero-order valence-corrected chi connectivity index (χ0v) is 8.95. The van der Waals surface area contributed by atoms with E-state index in [4.69, 9.17) is 4.42 Å². The summed E-state index contributed by atoms with van der Waals surface area (Å²) in [7, 11) is 0. The molecule has 2 rings (SSSR count). The van der Waals surface area contributed by atoms with Gasteiger partial charge in [0, 0.05) is 12.5 Å². The second-order valence-electron chi connectivity index (χ2n) is 4.15. The number of furan rings is 1. The minimum absolute atomic E-state index is 0.116. The Hall–Kier alpha value is -1.39. The van der Waals surface area contributed by atoms with Crippen LogP contribution in [0.1, 0.15) is 23.9 Å². The molecule has 1 atom stereocenters. The molecule has 3 nitrogen and oxygen atoms in total. The van der Waals surface area contributed by atoms with E-state index < -0.39 is 24.3 Å². The zero-order valence-electron chi connectivity index (χ0n) is 8.95. The minimum atomic E-state index is -2.81. The van der Waals surface area contributed by atoms with Crippen LogP contribution in [0.25, 0.3) is 0 Å². The van der Waals surface area contributed by atoms with Crippen LogP contribution in [-0.4, -0.2) is 29.8 Å². The Labute approximate surface area is 92.0 Å². The van der Waals surface area contributed by atoms with Gasteiger partial charge in [-0.2, -0.15) is 0 Å². The largest absolute Gasteiger partial charge is 0.459 e. The molecule has 0 saturated carbocycles. The van der Waals surface area contributed by atoms with Crippen molar-refractivity contribution in [2.24, 2.45) is 5.92 Å². The molecule has 0 radical (unpaired) electrons. The molecule has 0 N–H and O–H groups in total. The number of carbonyl (C=O) groups excluding carboxylic acids is 1. The number of halogens is 2. The molecular weight excluding hydrogens is 216 g/mol. The maximum absolute atomic E-state index is 13.4. The lowest BCUT2D eigenvalue weighted by molar-refractivity contribution is -0.0961. The smallest absolute Gasteiger partial charge is 0.289 e. The third-order valence-corrected chi connectivity index (χ3v) is 2.97. The number of carbonyl (C=O) groups is 1. The first-order valence-electron chi connectivity index (χ1n) is 5.21. The van der Waals surface area contributed by atoms with E-state index in [2.05, 4.69) is 0 Å². The van der Waals surface area contributed by atoms with E-state index >= 15 is 0 Å². The van der Waals surface area contributed by atoms with Crippen molar-refractivity contribution in [3.05, 3.63) is 24.2 Å². The lowest BCUT2D eigenvalue weighted by atomic mass is 9.95. The van der Waals surface area contributed by atoms with Crippen molar-refractivity contribution in [1.82, 2.24) is 4.90 Å². The summed E-state index contributed by atoms with van der Waals surface area (Å²) >= 11 is 0. The highest BCUT2D eigenvalue weighted by molar-refractivity contribution is 5.91. The molecule has 1 aromatic heterocycles. The Balaban J connectivity index is 2.10. The maximum Gasteiger partial charge on any atom is 0.289 e. The first kappa shape index (κ1) is 11.1. The van der Waals surface area contributed by atoms with Gasteiger partial charge in [-0.05, 0) is 18.6 Å². The Morgan fingerprint density at radius 3 is 2.94 bits per heavy atom. The predicted molar refractivity (Wildman–Crippen MR) is 53.3 cm³/mol. The third kappa shape index (κ3) is 1.94. The van der Waals surface area contributed by atoms with E-state index in [-0.39, 0.29) is 5.76 Å². The number of nitrogens with zero attached hydrogens (tertiary/aromatic N) is 1. The van der Waals surface area contributed by atoms with Gasteiger partial charge in [0.15, 0.2) is 5.76 Å². The van der Waals surface area contributed by atoms with Gasteiger partial charge in [0.05, 0.1) is 12.8 Å². The van der Waals surface area contributed by atoms with E-state index in [0.29, 0.717) is 13.0 Å². The van der Waals surface area contributed by atoms with Crippen molar-refractivity contribution in [3.63, 3.8) is 0 Å². The Kier molecular flexibility index (Phi) is 2.69. The molecule has 0 spiro atoms. The fourth-order valence-corrected chi connectivity index (χ4v) is 1.78. The van der Waals surface area contributed by atoms with Crippen LogP contribution in [-0.2, 0) is 0 Å². The molecule has 0 unspecified atom stereocenters. The molecule has 2 heterocycles. The molecule has 1 aromatic rings. The molecular formula is C11H13F2NO2. The summed E-state index contributed by atoms with van der Waals surface area (Å²) in [5.74, 6) is -3.82. The maximum atomic E-state index is 13.4. The van der Waals surface area contributed by atoms with Crippen molar-refractivity contribution in [3.8, 4) is 0 Å². The molecule has 0 aliphatic carbocycles. The summed E-state index contributed by atoms with van der Waals surface area (Å²) in [6.07, 6.45) is 1.68. The summed E-state index contributed by atoms with van der Waals surface area (Å²) in [5, 5.41) is 0. The molecule has 88 valence electrons. The molecule has 1 fully saturated rings. The van der Waals surface area contributed by atoms with Gasteiger partial charge in [-0.3, -0.25) is 4.79 Å². The highest BCUT2D eigenvalue weighted by atomic mass is 19.3. The van der Waals surface area contributed by atoms with Crippen LogP contribution in [0.15, 0.2) is 22.8 Å². The van der Waals surface area contributed by atoms with Crippen LogP contribution in [0.4, 0.5) is 8.78 Å². The predicted octanol–water partition coefficient (Wildman–Crippen LogP) is 2.40. The molecule has 1 saturated heterocycles. The fraction of sp³-hybridized carbons (Fsp3) is 0.545.